The van der Waals surface area contributed by atoms with Crippen LogP contribution in [0, 0.1) is 6.92 Å². The van der Waals surface area contributed by atoms with Gasteiger partial charge in [-0.15, -0.1) is 0 Å². The Morgan fingerprint density at radius 2 is 1.77 bits per heavy atom. The molecule has 3 aromatic rings. The molecule has 0 spiro atoms. The minimum atomic E-state index is -0.378. The molecule has 0 unspecified atom stereocenters. The number of rotatable bonds is 5. The van der Waals surface area contributed by atoms with Crippen LogP contribution in [0.15, 0.2) is 30.3 Å². The Kier molecular flexibility index (Phi) is 5.33. The van der Waals surface area contributed by atoms with Gasteiger partial charge in [0.05, 0.1) is 50.0 Å². The third-order valence-corrected chi connectivity index (χ3v) is 5.25. The molecule has 9 nitrogen and oxygen atoms in total. The number of benzene rings is 1. The van der Waals surface area contributed by atoms with Crippen LogP contribution < -0.4 is 25.3 Å². The Morgan fingerprint density at radius 1 is 1.03 bits per heavy atom. The molecule has 0 radical (unpaired) electrons. The van der Waals surface area contributed by atoms with Crippen LogP contribution in [0.2, 0.25) is 0 Å². The summed E-state index contributed by atoms with van der Waals surface area (Å²) in [7, 11) is 4.70. The van der Waals surface area contributed by atoms with Gasteiger partial charge in [0.2, 0.25) is 11.8 Å². The molecule has 0 fully saturated rings. The maximum atomic E-state index is 12.9. The van der Waals surface area contributed by atoms with E-state index in [1.807, 2.05) is 24.3 Å². The molecule has 3 N–H and O–H groups in total. The number of hydrogen-bond acceptors (Lipinski definition) is 8. The number of nitrogen functional groups attached to an aromatic ring is 1. The van der Waals surface area contributed by atoms with Crippen LogP contribution in [0.25, 0.3) is 11.3 Å². The zero-order valence-electron chi connectivity index (χ0n) is 17.7. The second-order valence-electron chi connectivity index (χ2n) is 7.08. The van der Waals surface area contributed by atoms with E-state index in [0.29, 0.717) is 46.4 Å². The Morgan fingerprint density at radius 3 is 2.48 bits per heavy atom. The molecule has 31 heavy (non-hydrogen) atoms. The van der Waals surface area contributed by atoms with Crippen molar-refractivity contribution in [3.05, 3.63) is 52.8 Å². The summed E-state index contributed by atoms with van der Waals surface area (Å²) >= 11 is 0. The smallest absolute Gasteiger partial charge is 0.255 e. The van der Waals surface area contributed by atoms with Crippen molar-refractivity contribution < 1.29 is 19.0 Å². The van der Waals surface area contributed by atoms with Crippen LogP contribution in [0.1, 0.15) is 33.4 Å². The van der Waals surface area contributed by atoms with Gasteiger partial charge >= 0.3 is 0 Å². The van der Waals surface area contributed by atoms with Crippen molar-refractivity contribution in [2.24, 2.45) is 0 Å². The first-order valence-corrected chi connectivity index (χ1v) is 9.66. The summed E-state index contributed by atoms with van der Waals surface area (Å²) < 4.78 is 16.3. The van der Waals surface area contributed by atoms with Crippen LogP contribution in [0.5, 0.6) is 17.4 Å². The third-order valence-electron chi connectivity index (χ3n) is 5.25. The van der Waals surface area contributed by atoms with Crippen LogP contribution in [0.4, 0.5) is 5.95 Å². The highest BCUT2D eigenvalue weighted by molar-refractivity contribution is 5.98. The van der Waals surface area contributed by atoms with E-state index in [0.717, 1.165) is 11.1 Å². The molecule has 0 aliphatic carbocycles. The number of nitrogens with two attached hydrogens (primary N) is 1. The zero-order valence-corrected chi connectivity index (χ0v) is 17.7. The molecule has 2 aromatic heterocycles. The standard InChI is InChI=1S/C22H23N5O4/c1-11-20-16(27-22(23)24-11)10-15(26-21(20)28)13-9-18(30-3)17(29-2)8-12(13)14-6-5-7-19(25-14)31-4/h5-9,15H,10H2,1-4H3,(H,26,28)(H2,23,24,27)/t15-/m1/s1. The molecule has 0 bridgehead atoms. The van der Waals surface area contributed by atoms with Crippen molar-refractivity contribution in [2.45, 2.75) is 19.4 Å². The first-order valence-electron chi connectivity index (χ1n) is 9.66. The molecule has 160 valence electrons. The van der Waals surface area contributed by atoms with E-state index in [1.165, 1.54) is 0 Å². The summed E-state index contributed by atoms with van der Waals surface area (Å²) in [5.74, 6) is 1.47. The number of aromatic nitrogens is 3. The number of methoxy groups -OCH3 is 3. The van der Waals surface area contributed by atoms with Gasteiger partial charge in [-0.05, 0) is 30.7 Å². The Hall–Kier alpha value is -3.88. The van der Waals surface area contributed by atoms with Gasteiger partial charge in [-0.3, -0.25) is 4.79 Å². The number of amides is 1. The van der Waals surface area contributed by atoms with Crippen LogP contribution in [-0.4, -0.2) is 42.2 Å². The van der Waals surface area contributed by atoms with E-state index in [-0.39, 0.29) is 17.9 Å². The highest BCUT2D eigenvalue weighted by atomic mass is 16.5. The monoisotopic (exact) mass is 421 g/mol. The molecule has 1 aliphatic rings. The summed E-state index contributed by atoms with van der Waals surface area (Å²) in [6, 6.07) is 8.81. The lowest BCUT2D eigenvalue weighted by molar-refractivity contribution is 0.0922. The van der Waals surface area contributed by atoms with Gasteiger partial charge in [0, 0.05) is 18.1 Å². The highest BCUT2D eigenvalue weighted by Crippen LogP contribution is 2.40. The van der Waals surface area contributed by atoms with Gasteiger partial charge in [-0.2, -0.15) is 0 Å². The summed E-state index contributed by atoms with van der Waals surface area (Å²) in [6.07, 6.45) is 0.446. The average Bonchev–Trinajstić information content (AvgIpc) is 2.77. The minimum absolute atomic E-state index is 0.145. The molecule has 1 atom stereocenters. The fourth-order valence-corrected chi connectivity index (χ4v) is 3.84. The molecular weight excluding hydrogens is 398 g/mol. The molecule has 3 heterocycles. The maximum Gasteiger partial charge on any atom is 0.255 e. The lowest BCUT2D eigenvalue weighted by Crippen LogP contribution is -2.37. The maximum absolute atomic E-state index is 12.9. The highest BCUT2D eigenvalue weighted by Gasteiger charge is 2.31. The number of aryl methyl sites for hydroxylation is 1. The molecule has 4 rings (SSSR count). The van der Waals surface area contributed by atoms with Crippen molar-refractivity contribution in [3.8, 4) is 28.6 Å². The normalized spacial score (nSPS) is 15.1. The Bertz CT molecular complexity index is 1160. The summed E-state index contributed by atoms with van der Waals surface area (Å²) in [6.45, 7) is 1.75. The molecule has 1 aromatic carbocycles. The molecular formula is C22H23N5O4. The predicted molar refractivity (Wildman–Crippen MR) is 114 cm³/mol. The number of carbonyl (C=O) groups excluding carboxylic acids is 1. The third kappa shape index (κ3) is 3.70. The van der Waals surface area contributed by atoms with Gasteiger partial charge < -0.3 is 25.3 Å². The number of fused-ring (bicyclic) bond motifs is 1. The number of ether oxygens (including phenoxy) is 3. The van der Waals surface area contributed by atoms with E-state index in [1.54, 1.807) is 34.3 Å². The largest absolute Gasteiger partial charge is 0.493 e. The summed E-state index contributed by atoms with van der Waals surface area (Å²) in [5.41, 5.74) is 9.73. The fourth-order valence-electron chi connectivity index (χ4n) is 3.84. The Labute approximate surface area is 179 Å². The van der Waals surface area contributed by atoms with Gasteiger partial charge in [-0.25, -0.2) is 15.0 Å². The molecule has 1 amide bonds. The number of carbonyl (C=O) groups is 1. The van der Waals surface area contributed by atoms with Crippen LogP contribution in [-0.2, 0) is 6.42 Å². The van der Waals surface area contributed by atoms with E-state index < -0.39 is 0 Å². The number of pyridine rings is 1. The number of nitrogens with zero attached hydrogens (tertiary/aromatic N) is 3. The van der Waals surface area contributed by atoms with Crippen molar-refractivity contribution in [3.63, 3.8) is 0 Å². The van der Waals surface area contributed by atoms with Crippen molar-refractivity contribution in [1.82, 2.24) is 20.3 Å². The van der Waals surface area contributed by atoms with Crippen molar-refractivity contribution in [1.29, 1.82) is 0 Å². The number of nitrogens with one attached hydrogen (secondary N) is 1. The van der Waals surface area contributed by atoms with Crippen molar-refractivity contribution >= 4 is 11.9 Å². The van der Waals surface area contributed by atoms with Gasteiger partial charge in [0.1, 0.15) is 0 Å². The topological polar surface area (TPSA) is 121 Å². The molecule has 9 heteroatoms. The zero-order chi connectivity index (χ0) is 22.1. The molecule has 1 aliphatic heterocycles. The first kappa shape index (κ1) is 20.4. The second kappa shape index (κ2) is 8.10. The Balaban J connectivity index is 1.88. The molecule has 0 saturated carbocycles. The fraction of sp³-hybridized carbons (Fsp3) is 0.273. The van der Waals surface area contributed by atoms with Gasteiger partial charge in [0.25, 0.3) is 5.91 Å². The van der Waals surface area contributed by atoms with E-state index in [9.17, 15) is 4.79 Å². The van der Waals surface area contributed by atoms with Crippen LogP contribution in [0.3, 0.4) is 0 Å². The second-order valence-corrected chi connectivity index (χ2v) is 7.08. The van der Waals surface area contributed by atoms with Gasteiger partial charge in [-0.1, -0.05) is 6.07 Å². The average molecular weight is 421 g/mol. The van der Waals surface area contributed by atoms with Gasteiger partial charge in [0.15, 0.2) is 11.5 Å². The van der Waals surface area contributed by atoms with Crippen LogP contribution >= 0.6 is 0 Å². The predicted octanol–water partition coefficient (Wildman–Crippen LogP) is 2.48. The SMILES string of the molecule is COc1cccc(-c2cc(OC)c(OC)cc2[C@H]2Cc3nc(N)nc(C)c3C(=O)N2)n1. The van der Waals surface area contributed by atoms with Crippen molar-refractivity contribution in [2.75, 3.05) is 27.1 Å². The molecule has 0 saturated heterocycles. The summed E-state index contributed by atoms with van der Waals surface area (Å²) in [4.78, 5) is 25.9. The quantitative estimate of drug-likeness (QED) is 0.644. The lowest BCUT2D eigenvalue weighted by atomic mass is 9.89. The lowest BCUT2D eigenvalue weighted by Gasteiger charge is -2.28. The summed E-state index contributed by atoms with van der Waals surface area (Å²) in [5, 5.41) is 3.06. The van der Waals surface area contributed by atoms with E-state index in [4.69, 9.17) is 19.9 Å². The van der Waals surface area contributed by atoms with E-state index in [2.05, 4.69) is 20.3 Å². The van der Waals surface area contributed by atoms with E-state index >= 15 is 0 Å². The number of anilines is 1. The first-order chi connectivity index (χ1) is 14.9. The number of hydrogen-bond donors (Lipinski definition) is 2. The minimum Gasteiger partial charge on any atom is -0.493 e.